The number of rotatable bonds is 9. The number of carbonyl (C=O) groups is 1. The Kier molecular flexibility index (Phi) is 8.31. The highest BCUT2D eigenvalue weighted by Gasteiger charge is 2.36. The number of fused-ring (bicyclic) bond motifs is 1. The van der Waals surface area contributed by atoms with Gasteiger partial charge in [-0.25, -0.2) is 14.2 Å². The van der Waals surface area contributed by atoms with Crippen molar-refractivity contribution in [3.8, 4) is 5.75 Å². The first kappa shape index (κ1) is 27.2. The van der Waals surface area contributed by atoms with E-state index in [2.05, 4.69) is 15.3 Å². The van der Waals surface area contributed by atoms with Gasteiger partial charge in [0, 0.05) is 11.4 Å². The van der Waals surface area contributed by atoms with Gasteiger partial charge in [-0.2, -0.15) is 0 Å². The Bertz CT molecular complexity index is 1600. The average Bonchev–Trinajstić information content (AvgIpc) is 2.96. The van der Waals surface area contributed by atoms with Crippen LogP contribution >= 0.6 is 11.8 Å². The van der Waals surface area contributed by atoms with Crippen molar-refractivity contribution in [1.29, 1.82) is 0 Å². The largest absolute Gasteiger partial charge is 0.489 e. The average molecular weight is 558 g/mol. The number of halogens is 1. The van der Waals surface area contributed by atoms with Crippen LogP contribution in [0.1, 0.15) is 42.0 Å². The standard InChI is InChI=1S/C31H28FN3O4S/c1-3-38-30(37)25-19(2)33-28-27(29(36)35-31(34-28)40-18-22-11-7-8-12-24(22)32)26(25)21-13-15-23(16-14-21)39-17-20-9-5-4-6-10-20/h4-16,26H,3,17-18H2,1-2H3,(H2,33,34,35,36). The van der Waals surface area contributed by atoms with Crippen molar-refractivity contribution >= 4 is 23.5 Å². The number of nitrogens with zero attached hydrogens (tertiary/aromatic N) is 1. The number of aromatic amines is 1. The van der Waals surface area contributed by atoms with Crippen LogP contribution in [0.2, 0.25) is 0 Å². The molecule has 0 spiro atoms. The number of hydrogen-bond donors (Lipinski definition) is 2. The van der Waals surface area contributed by atoms with Crippen LogP contribution in [0.3, 0.4) is 0 Å². The summed E-state index contributed by atoms with van der Waals surface area (Å²) in [6, 6.07) is 23.6. The van der Waals surface area contributed by atoms with Crippen LogP contribution in [-0.2, 0) is 21.9 Å². The van der Waals surface area contributed by atoms with E-state index in [-0.39, 0.29) is 12.4 Å². The summed E-state index contributed by atoms with van der Waals surface area (Å²) in [6.07, 6.45) is 0. The molecule has 0 bridgehead atoms. The Morgan fingerprint density at radius 3 is 2.48 bits per heavy atom. The lowest BCUT2D eigenvalue weighted by atomic mass is 9.82. The van der Waals surface area contributed by atoms with Crippen molar-refractivity contribution in [2.45, 2.75) is 37.3 Å². The summed E-state index contributed by atoms with van der Waals surface area (Å²) in [7, 11) is 0. The number of allylic oxidation sites excluding steroid dienone is 1. The second-order valence-corrected chi connectivity index (χ2v) is 10.1. The first-order chi connectivity index (χ1) is 19.4. The van der Waals surface area contributed by atoms with E-state index in [1.54, 1.807) is 32.0 Å². The molecule has 0 aliphatic carbocycles. The van der Waals surface area contributed by atoms with Crippen LogP contribution in [0.4, 0.5) is 10.2 Å². The van der Waals surface area contributed by atoms with Gasteiger partial charge in [-0.3, -0.25) is 4.79 Å². The molecule has 1 aromatic heterocycles. The fourth-order valence-electron chi connectivity index (χ4n) is 4.57. The minimum absolute atomic E-state index is 0.196. The second-order valence-electron chi connectivity index (χ2n) is 9.17. The molecule has 2 heterocycles. The minimum atomic E-state index is -0.708. The summed E-state index contributed by atoms with van der Waals surface area (Å²) < 4.78 is 25.4. The zero-order valence-electron chi connectivity index (χ0n) is 22.1. The molecular formula is C31H28FN3O4S. The third-order valence-corrected chi connectivity index (χ3v) is 7.42. The van der Waals surface area contributed by atoms with Crippen LogP contribution in [-0.4, -0.2) is 22.5 Å². The Balaban J connectivity index is 1.46. The molecule has 0 amide bonds. The molecule has 1 aliphatic heterocycles. The molecule has 1 aliphatic rings. The van der Waals surface area contributed by atoms with E-state index < -0.39 is 17.4 Å². The van der Waals surface area contributed by atoms with Gasteiger partial charge in [-0.15, -0.1) is 0 Å². The van der Waals surface area contributed by atoms with Crippen molar-refractivity contribution in [2.24, 2.45) is 0 Å². The first-order valence-corrected chi connectivity index (χ1v) is 13.8. The number of thioether (sulfide) groups is 1. The van der Waals surface area contributed by atoms with Gasteiger partial charge in [0.25, 0.3) is 5.56 Å². The number of benzene rings is 3. The molecule has 40 heavy (non-hydrogen) atoms. The molecule has 204 valence electrons. The molecule has 0 radical (unpaired) electrons. The topological polar surface area (TPSA) is 93.3 Å². The fraction of sp³-hybridized carbons (Fsp3) is 0.194. The molecule has 0 saturated heterocycles. The van der Waals surface area contributed by atoms with Gasteiger partial charge >= 0.3 is 5.97 Å². The molecule has 7 nitrogen and oxygen atoms in total. The van der Waals surface area contributed by atoms with Gasteiger partial charge in [-0.1, -0.05) is 72.4 Å². The lowest BCUT2D eigenvalue weighted by Crippen LogP contribution is -2.31. The van der Waals surface area contributed by atoms with Crippen LogP contribution < -0.4 is 15.6 Å². The van der Waals surface area contributed by atoms with Crippen molar-refractivity contribution in [3.05, 3.63) is 129 Å². The predicted octanol–water partition coefficient (Wildman–Crippen LogP) is 6.17. The Labute approximate surface area is 235 Å². The van der Waals surface area contributed by atoms with Gasteiger partial charge < -0.3 is 19.8 Å². The van der Waals surface area contributed by atoms with Crippen LogP contribution in [0, 0.1) is 5.82 Å². The first-order valence-electron chi connectivity index (χ1n) is 12.9. The van der Waals surface area contributed by atoms with Gasteiger partial charge in [0.1, 0.15) is 24.0 Å². The zero-order valence-corrected chi connectivity index (χ0v) is 22.9. The number of esters is 1. The highest BCUT2D eigenvalue weighted by molar-refractivity contribution is 7.98. The molecule has 3 aromatic carbocycles. The summed E-state index contributed by atoms with van der Waals surface area (Å²) >= 11 is 1.22. The number of carbonyl (C=O) groups excluding carboxylic acids is 1. The van der Waals surface area contributed by atoms with Gasteiger partial charge in [0.15, 0.2) is 5.16 Å². The zero-order chi connectivity index (χ0) is 28.1. The molecule has 2 N–H and O–H groups in total. The summed E-state index contributed by atoms with van der Waals surface area (Å²) in [5.74, 6) is -0.231. The van der Waals surface area contributed by atoms with E-state index in [1.165, 1.54) is 17.8 Å². The molecule has 0 fully saturated rings. The SMILES string of the molecule is CCOC(=O)C1=C(C)Nc2nc(SCc3ccccc3F)[nH]c(=O)c2C1c1ccc(OCc2ccccc2)cc1. The van der Waals surface area contributed by atoms with Crippen LogP contribution in [0.25, 0.3) is 0 Å². The maximum absolute atomic E-state index is 14.1. The molecule has 1 unspecified atom stereocenters. The van der Waals surface area contributed by atoms with Crippen LogP contribution in [0.5, 0.6) is 5.75 Å². The van der Waals surface area contributed by atoms with E-state index in [1.807, 2.05) is 54.6 Å². The predicted molar refractivity (Wildman–Crippen MR) is 153 cm³/mol. The summed E-state index contributed by atoms with van der Waals surface area (Å²) in [4.78, 5) is 34.0. The normalized spacial score (nSPS) is 14.3. The Morgan fingerprint density at radius 2 is 1.75 bits per heavy atom. The van der Waals surface area contributed by atoms with Crippen molar-refractivity contribution in [3.63, 3.8) is 0 Å². The fourth-order valence-corrected chi connectivity index (χ4v) is 5.42. The monoisotopic (exact) mass is 557 g/mol. The van der Waals surface area contributed by atoms with Crippen LogP contribution in [0.15, 0.2) is 100 Å². The van der Waals surface area contributed by atoms with E-state index >= 15 is 0 Å². The molecule has 4 aromatic rings. The maximum Gasteiger partial charge on any atom is 0.336 e. The summed E-state index contributed by atoms with van der Waals surface area (Å²) in [5.41, 5.74) is 3.07. The van der Waals surface area contributed by atoms with E-state index in [0.29, 0.717) is 51.5 Å². The third kappa shape index (κ3) is 5.94. The van der Waals surface area contributed by atoms with Gasteiger partial charge in [-0.05, 0) is 48.7 Å². The number of anilines is 1. The summed E-state index contributed by atoms with van der Waals surface area (Å²) in [5, 5.41) is 3.47. The molecule has 5 rings (SSSR count). The molecular weight excluding hydrogens is 529 g/mol. The molecule has 9 heteroatoms. The Hall–Kier alpha value is -4.37. The molecule has 1 atom stereocenters. The van der Waals surface area contributed by atoms with Crippen molar-refractivity contribution in [1.82, 2.24) is 9.97 Å². The van der Waals surface area contributed by atoms with Gasteiger partial charge in [0.05, 0.1) is 23.7 Å². The van der Waals surface area contributed by atoms with Crippen molar-refractivity contribution in [2.75, 3.05) is 11.9 Å². The number of nitrogens with one attached hydrogen (secondary N) is 2. The number of aromatic nitrogens is 2. The van der Waals surface area contributed by atoms with E-state index in [4.69, 9.17) is 9.47 Å². The number of H-pyrrole nitrogens is 1. The third-order valence-electron chi connectivity index (χ3n) is 6.50. The summed E-state index contributed by atoms with van der Waals surface area (Å²) in [6.45, 7) is 4.11. The Morgan fingerprint density at radius 1 is 1.02 bits per heavy atom. The highest BCUT2D eigenvalue weighted by atomic mass is 32.2. The highest BCUT2D eigenvalue weighted by Crippen LogP contribution is 2.40. The smallest absolute Gasteiger partial charge is 0.336 e. The van der Waals surface area contributed by atoms with Crippen molar-refractivity contribution < 1.29 is 18.7 Å². The maximum atomic E-state index is 14.1. The quantitative estimate of drug-likeness (QED) is 0.144. The number of ether oxygens (including phenoxy) is 2. The second kappa shape index (κ2) is 12.2. The lowest BCUT2D eigenvalue weighted by Gasteiger charge is -2.29. The molecule has 0 saturated carbocycles. The number of hydrogen-bond acceptors (Lipinski definition) is 7. The lowest BCUT2D eigenvalue weighted by molar-refractivity contribution is -0.138. The van der Waals surface area contributed by atoms with E-state index in [9.17, 15) is 14.0 Å². The van der Waals surface area contributed by atoms with E-state index in [0.717, 1.165) is 11.1 Å². The van der Waals surface area contributed by atoms with Gasteiger partial charge in [0.2, 0.25) is 0 Å². The minimum Gasteiger partial charge on any atom is -0.489 e.